The number of benzene rings is 9. The molecule has 0 saturated heterocycles. The van der Waals surface area contributed by atoms with E-state index in [4.69, 9.17) is 0 Å². The van der Waals surface area contributed by atoms with Gasteiger partial charge in [-0.15, -0.1) is 0 Å². The van der Waals surface area contributed by atoms with E-state index in [9.17, 15) is 0 Å². The molecule has 3 aliphatic rings. The van der Waals surface area contributed by atoms with Gasteiger partial charge in [0.1, 0.15) is 0 Å². The van der Waals surface area contributed by atoms with Crippen LogP contribution in [-0.2, 0) is 10.8 Å². The number of anilines is 3. The maximum Gasteiger partial charge on any atom is 0.0746 e. The van der Waals surface area contributed by atoms with Crippen molar-refractivity contribution >= 4 is 17.1 Å². The van der Waals surface area contributed by atoms with E-state index in [0.29, 0.717) is 0 Å². The number of hydrogen-bond donors (Lipinski definition) is 0. The predicted octanol–water partition coefficient (Wildman–Crippen LogP) is 13.9. The van der Waals surface area contributed by atoms with Crippen molar-refractivity contribution in [3.8, 4) is 33.4 Å². The normalized spacial score (nSPS) is 14.2. The van der Waals surface area contributed by atoms with Crippen molar-refractivity contribution in [1.29, 1.82) is 0 Å². The molecule has 1 spiro atoms. The molecule has 0 radical (unpaired) electrons. The third-order valence-electron chi connectivity index (χ3n) is 12.9. The molecule has 1 nitrogen and oxygen atoms in total. The smallest absolute Gasteiger partial charge is 0.0746 e. The highest BCUT2D eigenvalue weighted by Crippen LogP contribution is 2.65. The molecule has 9 aromatic carbocycles. The molecular formula is C56H37N. The summed E-state index contributed by atoms with van der Waals surface area (Å²) in [5, 5.41) is 0. The van der Waals surface area contributed by atoms with Gasteiger partial charge in [-0.25, -0.2) is 0 Å². The quantitative estimate of drug-likeness (QED) is 0.171. The standard InChI is InChI=1S/C56H37N/c1-4-19-38(20-5-1)55(39-21-6-2-7-22-39)48-30-14-10-27-44(48)46-36-35-41(37-52(46)55)57(40-23-8-3-9-24-40)53-34-18-29-47-45-28-13-17-33-51(45)56(54(47)53)49-31-15-11-25-42(49)43-26-12-16-32-50(43)56/h1-37H. The third kappa shape index (κ3) is 4.18. The minimum absolute atomic E-state index is 0.493. The number of nitrogens with zero attached hydrogens (tertiary/aromatic N) is 1. The van der Waals surface area contributed by atoms with Crippen LogP contribution in [0.15, 0.2) is 224 Å². The summed E-state index contributed by atoms with van der Waals surface area (Å²) in [6.45, 7) is 0. The van der Waals surface area contributed by atoms with Crippen LogP contribution in [0.4, 0.5) is 17.1 Å². The Morgan fingerprint density at radius 2 is 0.667 bits per heavy atom. The molecule has 3 aliphatic carbocycles. The molecule has 0 atom stereocenters. The van der Waals surface area contributed by atoms with E-state index < -0.39 is 10.8 Å². The lowest BCUT2D eigenvalue weighted by Gasteiger charge is -2.37. The van der Waals surface area contributed by atoms with Gasteiger partial charge in [-0.1, -0.05) is 194 Å². The Morgan fingerprint density at radius 3 is 1.19 bits per heavy atom. The summed E-state index contributed by atoms with van der Waals surface area (Å²) < 4.78 is 0. The lowest BCUT2D eigenvalue weighted by atomic mass is 9.67. The molecule has 0 N–H and O–H groups in total. The van der Waals surface area contributed by atoms with Crippen LogP contribution in [0.25, 0.3) is 33.4 Å². The van der Waals surface area contributed by atoms with Crippen LogP contribution in [-0.4, -0.2) is 0 Å². The van der Waals surface area contributed by atoms with Gasteiger partial charge in [0.2, 0.25) is 0 Å². The minimum Gasteiger partial charge on any atom is -0.310 e. The summed E-state index contributed by atoms with van der Waals surface area (Å²) in [5.74, 6) is 0. The van der Waals surface area contributed by atoms with Crippen LogP contribution in [0.2, 0.25) is 0 Å². The summed E-state index contributed by atoms with van der Waals surface area (Å²) in [7, 11) is 0. The highest BCUT2D eigenvalue weighted by Gasteiger charge is 2.53. The average molecular weight is 724 g/mol. The van der Waals surface area contributed by atoms with E-state index in [0.717, 1.165) is 11.4 Å². The van der Waals surface area contributed by atoms with Crippen molar-refractivity contribution in [1.82, 2.24) is 0 Å². The molecule has 0 bridgehead atoms. The lowest BCUT2D eigenvalue weighted by molar-refractivity contribution is 0.768. The first-order valence-electron chi connectivity index (χ1n) is 19.9. The Hall–Kier alpha value is -7.22. The summed E-state index contributed by atoms with van der Waals surface area (Å²) >= 11 is 0. The zero-order valence-corrected chi connectivity index (χ0v) is 31.3. The van der Waals surface area contributed by atoms with Crippen molar-refractivity contribution < 1.29 is 0 Å². The summed E-state index contributed by atoms with van der Waals surface area (Å²) in [6, 6.07) is 83.6. The highest BCUT2D eigenvalue weighted by atomic mass is 15.1. The molecule has 0 amide bonds. The van der Waals surface area contributed by atoms with Crippen LogP contribution in [0.1, 0.15) is 44.5 Å². The predicted molar refractivity (Wildman–Crippen MR) is 235 cm³/mol. The summed E-state index contributed by atoms with van der Waals surface area (Å²) in [6.07, 6.45) is 0. The van der Waals surface area contributed by atoms with Gasteiger partial charge >= 0.3 is 0 Å². The van der Waals surface area contributed by atoms with Gasteiger partial charge < -0.3 is 4.90 Å². The summed E-state index contributed by atoms with van der Waals surface area (Å²) in [5.41, 5.74) is 20.7. The minimum atomic E-state index is -0.508. The van der Waals surface area contributed by atoms with Crippen LogP contribution < -0.4 is 4.90 Å². The van der Waals surface area contributed by atoms with E-state index in [1.807, 2.05) is 0 Å². The van der Waals surface area contributed by atoms with Gasteiger partial charge in [0.25, 0.3) is 0 Å². The number of rotatable bonds is 5. The molecule has 0 aliphatic heterocycles. The first-order valence-corrected chi connectivity index (χ1v) is 19.9. The molecule has 0 aromatic heterocycles. The number of para-hydroxylation sites is 1. The van der Waals surface area contributed by atoms with E-state index in [2.05, 4.69) is 229 Å². The zero-order chi connectivity index (χ0) is 37.6. The molecule has 0 saturated carbocycles. The van der Waals surface area contributed by atoms with Crippen molar-refractivity contribution in [3.05, 3.63) is 269 Å². The van der Waals surface area contributed by atoms with Crippen molar-refractivity contribution in [2.75, 3.05) is 4.90 Å². The van der Waals surface area contributed by atoms with Gasteiger partial charge in [-0.3, -0.25) is 0 Å². The van der Waals surface area contributed by atoms with E-state index in [-0.39, 0.29) is 0 Å². The van der Waals surface area contributed by atoms with Crippen molar-refractivity contribution in [2.45, 2.75) is 10.8 Å². The summed E-state index contributed by atoms with van der Waals surface area (Å²) in [4.78, 5) is 2.53. The fourth-order valence-electron chi connectivity index (χ4n) is 10.9. The van der Waals surface area contributed by atoms with Gasteiger partial charge in [-0.2, -0.15) is 0 Å². The maximum absolute atomic E-state index is 2.53. The fourth-order valence-corrected chi connectivity index (χ4v) is 10.9. The topological polar surface area (TPSA) is 3.24 Å². The van der Waals surface area contributed by atoms with E-state index in [1.54, 1.807) is 0 Å². The van der Waals surface area contributed by atoms with E-state index in [1.165, 1.54) is 83.6 Å². The molecule has 0 heterocycles. The lowest BCUT2D eigenvalue weighted by Crippen LogP contribution is -2.29. The second kappa shape index (κ2) is 12.1. The second-order valence-corrected chi connectivity index (χ2v) is 15.5. The van der Waals surface area contributed by atoms with Crippen LogP contribution in [0.5, 0.6) is 0 Å². The molecule has 57 heavy (non-hydrogen) atoms. The molecule has 0 fully saturated rings. The Balaban J connectivity index is 1.18. The monoisotopic (exact) mass is 723 g/mol. The fraction of sp³-hybridized carbons (Fsp3) is 0.0357. The Labute approximate surface area is 333 Å². The third-order valence-corrected chi connectivity index (χ3v) is 12.9. The van der Waals surface area contributed by atoms with Gasteiger partial charge in [0.05, 0.1) is 16.5 Å². The first kappa shape index (κ1) is 32.1. The maximum atomic E-state index is 2.53. The van der Waals surface area contributed by atoms with E-state index >= 15 is 0 Å². The SMILES string of the molecule is c1ccc(N(c2ccc3c(c2)C(c2ccccc2)(c2ccccc2)c2ccccc2-3)c2cccc3c2C2(c4ccccc4-c4ccccc42)c2ccccc2-3)cc1. The first-order chi connectivity index (χ1) is 28.3. The number of fused-ring (bicyclic) bond motifs is 13. The molecule has 9 aromatic rings. The van der Waals surface area contributed by atoms with Gasteiger partial charge in [0.15, 0.2) is 0 Å². The Kier molecular flexibility index (Phi) is 6.83. The Bertz CT molecular complexity index is 2910. The van der Waals surface area contributed by atoms with Crippen LogP contribution in [0, 0.1) is 0 Å². The molecule has 1 heteroatoms. The molecule has 266 valence electrons. The van der Waals surface area contributed by atoms with Crippen molar-refractivity contribution in [2.24, 2.45) is 0 Å². The number of hydrogen-bond acceptors (Lipinski definition) is 1. The average Bonchev–Trinajstić information content (AvgIpc) is 3.88. The zero-order valence-electron chi connectivity index (χ0n) is 31.3. The van der Waals surface area contributed by atoms with Gasteiger partial charge in [0, 0.05) is 16.9 Å². The highest BCUT2D eigenvalue weighted by molar-refractivity contribution is 6.00. The Morgan fingerprint density at radius 1 is 0.263 bits per heavy atom. The largest absolute Gasteiger partial charge is 0.310 e. The molecular weight excluding hydrogens is 687 g/mol. The van der Waals surface area contributed by atoms with Gasteiger partial charge in [-0.05, 0) is 103 Å². The molecule has 12 rings (SSSR count). The van der Waals surface area contributed by atoms with Crippen LogP contribution in [0.3, 0.4) is 0 Å². The molecule has 0 unspecified atom stereocenters. The second-order valence-electron chi connectivity index (χ2n) is 15.5. The van der Waals surface area contributed by atoms with Crippen molar-refractivity contribution in [3.63, 3.8) is 0 Å². The van der Waals surface area contributed by atoms with Crippen LogP contribution >= 0.6 is 0 Å².